The minimum atomic E-state index is -0.239. The maximum Gasteiger partial charge on any atom is 0.214 e. The molecule has 1 fully saturated rings. The summed E-state index contributed by atoms with van der Waals surface area (Å²) in [6.07, 6.45) is 5.18. The SMILES string of the molecule is COCc1ccc(-c2ccc(N(C=O)CC3(N)CCCC3)cc2)cc1. The highest BCUT2D eigenvalue weighted by Gasteiger charge is 2.31. The third-order valence-corrected chi connectivity index (χ3v) is 5.01. The number of rotatable bonds is 7. The molecule has 1 aliphatic rings. The minimum absolute atomic E-state index is 0.239. The summed E-state index contributed by atoms with van der Waals surface area (Å²) in [5, 5.41) is 0. The van der Waals surface area contributed by atoms with E-state index in [1.54, 1.807) is 12.0 Å². The Bertz CT molecular complexity index is 689. The molecule has 4 nitrogen and oxygen atoms in total. The lowest BCUT2D eigenvalue weighted by atomic mass is 9.98. The molecule has 0 aliphatic heterocycles. The summed E-state index contributed by atoms with van der Waals surface area (Å²) in [6, 6.07) is 16.4. The molecule has 2 N–H and O–H groups in total. The van der Waals surface area contributed by atoms with Gasteiger partial charge in [-0.05, 0) is 41.7 Å². The van der Waals surface area contributed by atoms with Gasteiger partial charge in [0.05, 0.1) is 6.61 Å². The zero-order valence-corrected chi connectivity index (χ0v) is 14.8. The number of benzene rings is 2. The summed E-state index contributed by atoms with van der Waals surface area (Å²) < 4.78 is 5.14. The normalized spacial score (nSPS) is 15.9. The molecule has 0 radical (unpaired) electrons. The van der Waals surface area contributed by atoms with E-state index in [-0.39, 0.29) is 5.54 Å². The molecule has 0 atom stereocenters. The molecule has 0 spiro atoms. The van der Waals surface area contributed by atoms with E-state index in [4.69, 9.17) is 10.5 Å². The lowest BCUT2D eigenvalue weighted by Gasteiger charge is -2.30. The minimum Gasteiger partial charge on any atom is -0.380 e. The number of ether oxygens (including phenoxy) is 1. The first-order chi connectivity index (χ1) is 12.1. The summed E-state index contributed by atoms with van der Waals surface area (Å²) in [5.74, 6) is 0. The van der Waals surface area contributed by atoms with Crippen molar-refractivity contribution in [2.75, 3.05) is 18.6 Å². The van der Waals surface area contributed by atoms with Crippen molar-refractivity contribution in [2.24, 2.45) is 5.73 Å². The van der Waals surface area contributed by atoms with Crippen molar-refractivity contribution in [3.8, 4) is 11.1 Å². The zero-order chi connectivity index (χ0) is 17.7. The van der Waals surface area contributed by atoms with Crippen molar-refractivity contribution in [3.05, 3.63) is 54.1 Å². The Morgan fingerprint density at radius 1 is 1.04 bits per heavy atom. The predicted molar refractivity (Wildman–Crippen MR) is 101 cm³/mol. The van der Waals surface area contributed by atoms with E-state index in [1.807, 2.05) is 12.1 Å². The van der Waals surface area contributed by atoms with Crippen LogP contribution in [0.5, 0.6) is 0 Å². The number of amides is 1. The van der Waals surface area contributed by atoms with Gasteiger partial charge in [-0.15, -0.1) is 0 Å². The first-order valence-electron chi connectivity index (χ1n) is 8.83. The van der Waals surface area contributed by atoms with E-state index in [0.29, 0.717) is 13.2 Å². The molecule has 1 amide bonds. The van der Waals surface area contributed by atoms with Gasteiger partial charge < -0.3 is 15.4 Å². The molecule has 25 heavy (non-hydrogen) atoms. The van der Waals surface area contributed by atoms with Crippen molar-refractivity contribution < 1.29 is 9.53 Å². The van der Waals surface area contributed by atoms with Crippen molar-refractivity contribution in [2.45, 2.75) is 37.8 Å². The van der Waals surface area contributed by atoms with Crippen molar-refractivity contribution >= 4 is 12.1 Å². The number of methoxy groups -OCH3 is 1. The Balaban J connectivity index is 1.73. The third-order valence-electron chi connectivity index (χ3n) is 5.01. The number of carbonyl (C=O) groups excluding carboxylic acids is 1. The van der Waals surface area contributed by atoms with Gasteiger partial charge >= 0.3 is 0 Å². The van der Waals surface area contributed by atoms with Crippen LogP contribution in [0.4, 0.5) is 5.69 Å². The van der Waals surface area contributed by atoms with Crippen LogP contribution >= 0.6 is 0 Å². The molecule has 0 bridgehead atoms. The molecule has 0 heterocycles. The Morgan fingerprint density at radius 2 is 1.60 bits per heavy atom. The fourth-order valence-corrected chi connectivity index (χ4v) is 3.57. The molecule has 0 aromatic heterocycles. The fraction of sp³-hybridized carbons (Fsp3) is 0.381. The Labute approximate surface area is 149 Å². The largest absolute Gasteiger partial charge is 0.380 e. The summed E-state index contributed by atoms with van der Waals surface area (Å²) in [6.45, 7) is 1.20. The number of carbonyl (C=O) groups is 1. The summed E-state index contributed by atoms with van der Waals surface area (Å²) in [5.41, 5.74) is 10.5. The van der Waals surface area contributed by atoms with Gasteiger partial charge in [-0.3, -0.25) is 4.79 Å². The molecule has 132 valence electrons. The second kappa shape index (κ2) is 7.81. The lowest BCUT2D eigenvalue weighted by Crippen LogP contribution is -2.48. The van der Waals surface area contributed by atoms with Crippen molar-refractivity contribution in [1.29, 1.82) is 0 Å². The van der Waals surface area contributed by atoms with Gasteiger partial charge in [-0.25, -0.2) is 0 Å². The van der Waals surface area contributed by atoms with Crippen LogP contribution in [-0.2, 0) is 16.1 Å². The van der Waals surface area contributed by atoms with Crippen molar-refractivity contribution in [3.63, 3.8) is 0 Å². The highest BCUT2D eigenvalue weighted by atomic mass is 16.5. The van der Waals surface area contributed by atoms with Crippen LogP contribution < -0.4 is 10.6 Å². The highest BCUT2D eigenvalue weighted by Crippen LogP contribution is 2.30. The maximum atomic E-state index is 11.5. The van der Waals surface area contributed by atoms with E-state index in [2.05, 4.69) is 36.4 Å². The Morgan fingerprint density at radius 3 is 2.12 bits per heavy atom. The maximum absolute atomic E-state index is 11.5. The van der Waals surface area contributed by atoms with Gasteiger partial charge in [0.15, 0.2) is 0 Å². The van der Waals surface area contributed by atoms with Crippen LogP contribution in [0.15, 0.2) is 48.5 Å². The van der Waals surface area contributed by atoms with Crippen LogP contribution in [0.1, 0.15) is 31.2 Å². The lowest BCUT2D eigenvalue weighted by molar-refractivity contribution is -0.107. The molecule has 2 aromatic carbocycles. The molecular weight excluding hydrogens is 312 g/mol. The van der Waals surface area contributed by atoms with Crippen LogP contribution in [0, 0.1) is 0 Å². The topological polar surface area (TPSA) is 55.6 Å². The Kier molecular flexibility index (Phi) is 5.51. The second-order valence-corrected chi connectivity index (χ2v) is 6.98. The van der Waals surface area contributed by atoms with Gasteiger partial charge in [0.25, 0.3) is 0 Å². The Hall–Kier alpha value is -2.17. The summed E-state index contributed by atoms with van der Waals surface area (Å²) in [4.78, 5) is 13.3. The van der Waals surface area contributed by atoms with E-state index in [0.717, 1.165) is 54.5 Å². The van der Waals surface area contributed by atoms with Gasteiger partial charge in [-0.1, -0.05) is 49.2 Å². The van der Waals surface area contributed by atoms with E-state index in [1.165, 1.54) is 0 Å². The number of hydrogen-bond acceptors (Lipinski definition) is 3. The first-order valence-corrected chi connectivity index (χ1v) is 8.83. The fourth-order valence-electron chi connectivity index (χ4n) is 3.57. The average molecular weight is 338 g/mol. The molecule has 4 heteroatoms. The third kappa shape index (κ3) is 4.27. The molecule has 1 aliphatic carbocycles. The second-order valence-electron chi connectivity index (χ2n) is 6.98. The van der Waals surface area contributed by atoms with E-state index >= 15 is 0 Å². The molecule has 0 saturated heterocycles. The smallest absolute Gasteiger partial charge is 0.214 e. The van der Waals surface area contributed by atoms with Gasteiger partial charge in [0.1, 0.15) is 0 Å². The van der Waals surface area contributed by atoms with E-state index < -0.39 is 0 Å². The highest BCUT2D eigenvalue weighted by molar-refractivity contribution is 5.77. The molecular formula is C21H26N2O2. The average Bonchev–Trinajstić information content (AvgIpc) is 3.07. The molecule has 3 rings (SSSR count). The first kappa shape index (κ1) is 17.6. The number of nitrogens with two attached hydrogens (primary N) is 1. The van der Waals surface area contributed by atoms with Crippen molar-refractivity contribution in [1.82, 2.24) is 0 Å². The van der Waals surface area contributed by atoms with Crippen LogP contribution in [-0.4, -0.2) is 25.6 Å². The van der Waals surface area contributed by atoms with Gasteiger partial charge in [0.2, 0.25) is 6.41 Å². The van der Waals surface area contributed by atoms with Crippen LogP contribution in [0.2, 0.25) is 0 Å². The van der Waals surface area contributed by atoms with Crippen LogP contribution in [0.25, 0.3) is 11.1 Å². The molecule has 0 unspecified atom stereocenters. The zero-order valence-electron chi connectivity index (χ0n) is 14.8. The number of hydrogen-bond donors (Lipinski definition) is 1. The molecule has 1 saturated carbocycles. The summed E-state index contributed by atoms with van der Waals surface area (Å²) >= 11 is 0. The van der Waals surface area contributed by atoms with Gasteiger partial charge in [0, 0.05) is 24.9 Å². The van der Waals surface area contributed by atoms with E-state index in [9.17, 15) is 4.79 Å². The summed E-state index contributed by atoms with van der Waals surface area (Å²) in [7, 11) is 1.70. The predicted octanol–water partition coefficient (Wildman–Crippen LogP) is 3.73. The van der Waals surface area contributed by atoms with Crippen LogP contribution in [0.3, 0.4) is 0 Å². The monoisotopic (exact) mass is 338 g/mol. The van der Waals surface area contributed by atoms with Gasteiger partial charge in [-0.2, -0.15) is 0 Å². The number of nitrogens with zero attached hydrogens (tertiary/aromatic N) is 1. The quantitative estimate of drug-likeness (QED) is 0.783. The molecule has 2 aromatic rings. The number of anilines is 1. The standard InChI is InChI=1S/C21H26N2O2/c1-25-14-17-4-6-18(7-5-17)19-8-10-20(11-9-19)23(16-24)15-21(22)12-2-3-13-21/h4-11,16H,2-3,12-15,22H2,1H3.